The van der Waals surface area contributed by atoms with Gasteiger partial charge in [-0.15, -0.1) is 5.10 Å². The lowest BCUT2D eigenvalue weighted by molar-refractivity contribution is -0.151. The Bertz CT molecular complexity index is 1210. The number of aromatic nitrogens is 3. The van der Waals surface area contributed by atoms with Gasteiger partial charge in [-0.05, 0) is 68.2 Å². The zero-order valence-electron chi connectivity index (χ0n) is 22.6. The van der Waals surface area contributed by atoms with Crippen molar-refractivity contribution in [1.29, 1.82) is 0 Å². The fourth-order valence-electron chi connectivity index (χ4n) is 5.32. The molecule has 4 atom stereocenters. The number of aliphatic hydroxyl groups is 1. The molecule has 2 aromatic rings. The standard InChI is InChI=1S/C29H38FN4O4/c1-18-6-5-7-19(2)29(38-27(37)17-24(36)9-8-18)20(3)14-22-15-25(30)28-26(16-22)34(32-31-28)23-10-12-33(13-11-23)21(4)35/h5-7,14-16,18-19,23-24,29,36H,8-13,17H2,1-4H3/b7-5+,20-14+/t18-,19-,24+,29-/m0/s1. The average molecular weight is 526 g/mol. The molecule has 1 amide bonds. The van der Waals surface area contributed by atoms with Crippen molar-refractivity contribution in [2.24, 2.45) is 11.8 Å². The molecule has 1 saturated heterocycles. The van der Waals surface area contributed by atoms with E-state index in [1.54, 1.807) is 11.6 Å². The van der Waals surface area contributed by atoms with Crippen molar-refractivity contribution in [3.05, 3.63) is 47.7 Å². The molecule has 0 spiro atoms. The van der Waals surface area contributed by atoms with Gasteiger partial charge in [0.05, 0.1) is 24.1 Å². The van der Waals surface area contributed by atoms with Crippen molar-refractivity contribution in [3.63, 3.8) is 0 Å². The van der Waals surface area contributed by atoms with Gasteiger partial charge < -0.3 is 14.7 Å². The number of rotatable bonds is 3. The Labute approximate surface area is 223 Å². The lowest BCUT2D eigenvalue weighted by Gasteiger charge is -2.31. The maximum Gasteiger partial charge on any atom is 0.309 e. The van der Waals surface area contributed by atoms with Gasteiger partial charge in [0.15, 0.2) is 5.82 Å². The number of fused-ring (bicyclic) bond motifs is 1. The van der Waals surface area contributed by atoms with Crippen LogP contribution < -0.4 is 0 Å². The summed E-state index contributed by atoms with van der Waals surface area (Å²) in [5.74, 6) is -0.693. The number of hydrogen-bond donors (Lipinski definition) is 1. The van der Waals surface area contributed by atoms with E-state index in [1.165, 1.54) is 6.07 Å². The molecule has 1 aromatic carbocycles. The van der Waals surface area contributed by atoms with E-state index >= 15 is 4.39 Å². The first kappa shape index (κ1) is 28.0. The maximum atomic E-state index is 15.1. The van der Waals surface area contributed by atoms with E-state index in [2.05, 4.69) is 23.7 Å². The molecule has 0 saturated carbocycles. The van der Waals surface area contributed by atoms with Crippen LogP contribution in [0.5, 0.6) is 0 Å². The first-order valence-corrected chi connectivity index (χ1v) is 13.5. The monoisotopic (exact) mass is 525 g/mol. The molecular weight excluding hydrogens is 487 g/mol. The number of aliphatic hydroxyl groups excluding tert-OH is 1. The van der Waals surface area contributed by atoms with Gasteiger partial charge in [0.1, 0.15) is 11.6 Å². The minimum absolute atomic E-state index is 0.0258. The number of amides is 1. The van der Waals surface area contributed by atoms with Crippen LogP contribution in [0.3, 0.4) is 0 Å². The lowest BCUT2D eigenvalue weighted by Crippen LogP contribution is -2.37. The number of piperidine rings is 1. The molecule has 1 fully saturated rings. The summed E-state index contributed by atoms with van der Waals surface area (Å²) in [6.07, 6.45) is 9.35. The molecule has 205 valence electrons. The fraction of sp³-hybridized carbons (Fsp3) is 0.552. The number of carbonyl (C=O) groups is 2. The van der Waals surface area contributed by atoms with E-state index in [0.717, 1.165) is 24.8 Å². The molecule has 8 nitrogen and oxygen atoms in total. The molecule has 4 rings (SSSR count). The SMILES string of the molecule is CC(=O)N1CCC(n2nnc3c(F)cc(/C=C(\C)[C@H]4OC(=O)C[C@H](O)CC[C@@H](C)[CH]/C=C/[C@@H]4C)cc32)CC1. The normalized spacial score (nSPS) is 27.5. The second kappa shape index (κ2) is 12.2. The van der Waals surface area contributed by atoms with Crippen LogP contribution in [0.25, 0.3) is 17.1 Å². The summed E-state index contributed by atoms with van der Waals surface area (Å²) in [7, 11) is 0. The molecule has 0 aliphatic carbocycles. The maximum absolute atomic E-state index is 15.1. The molecule has 1 N–H and O–H groups in total. The Kier molecular flexibility index (Phi) is 8.97. The fourth-order valence-corrected chi connectivity index (χ4v) is 5.32. The Hall–Kier alpha value is -3.07. The summed E-state index contributed by atoms with van der Waals surface area (Å²) >= 11 is 0. The lowest BCUT2D eigenvalue weighted by atomic mass is 9.93. The smallest absolute Gasteiger partial charge is 0.309 e. The number of halogens is 1. The van der Waals surface area contributed by atoms with Crippen LogP contribution in [0, 0.1) is 24.1 Å². The third kappa shape index (κ3) is 6.67. The number of ether oxygens (including phenoxy) is 1. The second-order valence-corrected chi connectivity index (χ2v) is 10.8. The van der Waals surface area contributed by atoms with Gasteiger partial charge in [-0.1, -0.05) is 37.3 Å². The molecule has 2 aliphatic rings. The third-order valence-corrected chi connectivity index (χ3v) is 7.60. The van der Waals surface area contributed by atoms with Crippen molar-refractivity contribution in [1.82, 2.24) is 19.9 Å². The van der Waals surface area contributed by atoms with Crippen LogP contribution in [0.4, 0.5) is 4.39 Å². The van der Waals surface area contributed by atoms with Gasteiger partial charge in [-0.25, -0.2) is 9.07 Å². The molecule has 1 aromatic heterocycles. The predicted octanol–water partition coefficient (Wildman–Crippen LogP) is 4.65. The number of benzene rings is 1. The first-order valence-electron chi connectivity index (χ1n) is 13.5. The highest BCUT2D eigenvalue weighted by Gasteiger charge is 2.26. The molecule has 38 heavy (non-hydrogen) atoms. The number of likely N-dealkylation sites (tertiary alicyclic amines) is 1. The van der Waals surface area contributed by atoms with Gasteiger partial charge in [-0.2, -0.15) is 0 Å². The van der Waals surface area contributed by atoms with E-state index in [-0.39, 0.29) is 29.8 Å². The van der Waals surface area contributed by atoms with Crippen molar-refractivity contribution >= 4 is 29.0 Å². The number of esters is 1. The Morgan fingerprint density at radius 3 is 2.61 bits per heavy atom. The first-order chi connectivity index (χ1) is 18.1. The number of cyclic esters (lactones) is 1. The van der Waals surface area contributed by atoms with Gasteiger partial charge in [0.25, 0.3) is 0 Å². The molecule has 1 radical (unpaired) electrons. The summed E-state index contributed by atoms with van der Waals surface area (Å²) < 4.78 is 22.7. The summed E-state index contributed by atoms with van der Waals surface area (Å²) in [5, 5.41) is 18.6. The van der Waals surface area contributed by atoms with Crippen molar-refractivity contribution in [3.8, 4) is 0 Å². The van der Waals surface area contributed by atoms with Gasteiger partial charge in [-0.3, -0.25) is 9.59 Å². The summed E-state index contributed by atoms with van der Waals surface area (Å²) in [5.41, 5.74) is 2.19. The molecular formula is C29H38FN4O4. The van der Waals surface area contributed by atoms with E-state index in [1.807, 2.05) is 43.0 Å². The van der Waals surface area contributed by atoms with Crippen LogP contribution in [0.2, 0.25) is 0 Å². The van der Waals surface area contributed by atoms with Crippen LogP contribution in [0.15, 0.2) is 29.9 Å². The van der Waals surface area contributed by atoms with Gasteiger partial charge in [0, 0.05) is 25.9 Å². The minimum atomic E-state index is -0.742. The molecule has 2 aliphatic heterocycles. The quantitative estimate of drug-likeness (QED) is 0.586. The largest absolute Gasteiger partial charge is 0.457 e. The summed E-state index contributed by atoms with van der Waals surface area (Å²) in [6, 6.07) is 3.30. The van der Waals surface area contributed by atoms with Crippen molar-refractivity contribution in [2.75, 3.05) is 13.1 Å². The summed E-state index contributed by atoms with van der Waals surface area (Å²) in [6.45, 7) is 8.76. The predicted molar refractivity (Wildman–Crippen MR) is 143 cm³/mol. The minimum Gasteiger partial charge on any atom is -0.457 e. The number of allylic oxidation sites excluding steroid dienone is 1. The molecule has 9 heteroatoms. The highest BCUT2D eigenvalue weighted by Crippen LogP contribution is 2.29. The average Bonchev–Trinajstić information content (AvgIpc) is 3.30. The Morgan fingerprint density at radius 2 is 1.89 bits per heavy atom. The van der Waals surface area contributed by atoms with Gasteiger partial charge >= 0.3 is 5.97 Å². The Balaban J connectivity index is 1.61. The number of hydrogen-bond acceptors (Lipinski definition) is 6. The second-order valence-electron chi connectivity index (χ2n) is 10.8. The van der Waals surface area contributed by atoms with Crippen molar-refractivity contribution in [2.45, 2.75) is 78.0 Å². The van der Waals surface area contributed by atoms with Crippen LogP contribution in [-0.2, 0) is 14.3 Å². The van der Waals surface area contributed by atoms with E-state index in [9.17, 15) is 14.7 Å². The molecule has 0 unspecified atom stereocenters. The van der Waals surface area contributed by atoms with E-state index < -0.39 is 24.0 Å². The topological polar surface area (TPSA) is 97.5 Å². The molecule has 3 heterocycles. The highest BCUT2D eigenvalue weighted by molar-refractivity contribution is 5.79. The third-order valence-electron chi connectivity index (χ3n) is 7.60. The molecule has 0 bridgehead atoms. The van der Waals surface area contributed by atoms with E-state index in [0.29, 0.717) is 36.5 Å². The van der Waals surface area contributed by atoms with Crippen LogP contribution >= 0.6 is 0 Å². The van der Waals surface area contributed by atoms with Gasteiger partial charge in [0.2, 0.25) is 5.91 Å². The zero-order chi connectivity index (χ0) is 27.4. The number of nitrogens with zero attached hydrogens (tertiary/aromatic N) is 4. The number of carbonyl (C=O) groups excluding carboxylic acids is 2. The summed E-state index contributed by atoms with van der Waals surface area (Å²) in [4.78, 5) is 26.1. The zero-order valence-corrected chi connectivity index (χ0v) is 22.6. The van der Waals surface area contributed by atoms with E-state index in [4.69, 9.17) is 4.74 Å². The van der Waals surface area contributed by atoms with Crippen molar-refractivity contribution < 1.29 is 23.8 Å². The van der Waals surface area contributed by atoms with Crippen LogP contribution in [-0.4, -0.2) is 62.2 Å². The highest BCUT2D eigenvalue weighted by atomic mass is 19.1. The Morgan fingerprint density at radius 1 is 1.16 bits per heavy atom. The van der Waals surface area contributed by atoms with Crippen LogP contribution in [0.1, 0.15) is 71.4 Å².